The second kappa shape index (κ2) is 15.3. The van der Waals surface area contributed by atoms with Gasteiger partial charge in [-0.2, -0.15) is 79.0 Å². The Kier molecular flexibility index (Phi) is 16.9. The fraction of sp³-hybridized carbons (Fsp3) is 0.400. The number of rotatable bonds is 6. The molecule has 0 saturated carbocycles. The van der Waals surface area contributed by atoms with Crippen molar-refractivity contribution in [2.75, 3.05) is 0 Å². The maximum absolute atomic E-state index is 11.3. The van der Waals surface area contributed by atoms with Crippen LogP contribution < -0.4 is 0 Å². The Bertz CT molecular complexity index is 726. The van der Waals surface area contributed by atoms with E-state index in [1.807, 2.05) is 0 Å². The van der Waals surface area contributed by atoms with Crippen LogP contribution in [0.4, 0.5) is 79.0 Å². The Morgan fingerprint density at radius 2 is 0.350 bits per heavy atom. The molecule has 0 aromatic heterocycles. The predicted octanol–water partition coefficient (Wildman–Crippen LogP) is 4.36. The van der Waals surface area contributed by atoms with Gasteiger partial charge in [0.05, 0.1) is 0 Å². The molecule has 0 aliphatic carbocycles. The van der Waals surface area contributed by atoms with Crippen LogP contribution in [0, 0.1) is 19.3 Å². The van der Waals surface area contributed by atoms with Crippen LogP contribution in [0.15, 0.2) is 0 Å². The molecule has 0 amide bonds. The van der Waals surface area contributed by atoms with E-state index in [-0.39, 0.29) is 25.8 Å². The SMILES string of the molecule is O=C([CH-]C(=O)C(F)(F)F)C(F)(F)F.O=C([CH-]C(=O)C(F)(F)F)C(F)(F)F.O=C([CH-]C(=O)C(F)(F)F)C(F)(F)F.[Sc+3]. The molecule has 40 heavy (non-hydrogen) atoms. The van der Waals surface area contributed by atoms with Gasteiger partial charge in [0.2, 0.25) is 0 Å². The van der Waals surface area contributed by atoms with Crippen molar-refractivity contribution in [2.24, 2.45) is 0 Å². The summed E-state index contributed by atoms with van der Waals surface area (Å²) in [6.45, 7) is 0. The molecule has 0 atom stereocenters. The average molecular weight is 666 g/mol. The summed E-state index contributed by atoms with van der Waals surface area (Å²) in [5, 5.41) is 0. The van der Waals surface area contributed by atoms with Crippen molar-refractivity contribution in [3.63, 3.8) is 0 Å². The molecule has 0 aromatic rings. The summed E-state index contributed by atoms with van der Waals surface area (Å²) >= 11 is 0. The van der Waals surface area contributed by atoms with Crippen LogP contribution in [0.5, 0.6) is 0 Å². The van der Waals surface area contributed by atoms with E-state index in [1.165, 1.54) is 0 Å². The van der Waals surface area contributed by atoms with Crippen molar-refractivity contribution in [1.82, 2.24) is 0 Å². The molecular weight excluding hydrogens is 663 g/mol. The molecule has 0 bridgehead atoms. The van der Waals surface area contributed by atoms with Gasteiger partial charge in [0, 0.05) is 0 Å². The maximum atomic E-state index is 11.3. The second-order valence-corrected chi connectivity index (χ2v) is 5.61. The molecule has 0 aromatic carbocycles. The molecule has 0 aliphatic rings. The Labute approximate surface area is 225 Å². The minimum absolute atomic E-state index is 0. The van der Waals surface area contributed by atoms with E-state index in [2.05, 4.69) is 0 Å². The van der Waals surface area contributed by atoms with Gasteiger partial charge >= 0.3 is 62.9 Å². The molecule has 0 rings (SSSR count). The summed E-state index contributed by atoms with van der Waals surface area (Å²) in [5.74, 6) is -16.9. The molecular formula is C15H3F18O6Sc. The average Bonchev–Trinajstić information content (AvgIpc) is 2.64. The van der Waals surface area contributed by atoms with E-state index in [9.17, 15) is 108 Å². The van der Waals surface area contributed by atoms with Gasteiger partial charge in [0.25, 0.3) is 0 Å². The number of carbonyl (C=O) groups is 6. The number of ketones is 6. The number of Topliss-reactive ketones (excluding diaryl/α,β-unsaturated/α-hetero) is 6. The van der Waals surface area contributed by atoms with Crippen molar-refractivity contribution in [3.05, 3.63) is 19.3 Å². The van der Waals surface area contributed by atoms with Gasteiger partial charge in [-0.05, 0) is 0 Å². The molecule has 0 heterocycles. The van der Waals surface area contributed by atoms with Gasteiger partial charge < -0.3 is 28.8 Å². The summed E-state index contributed by atoms with van der Waals surface area (Å²) in [6, 6.07) is 0. The number of hydrogen-bond acceptors (Lipinski definition) is 6. The van der Waals surface area contributed by atoms with Crippen LogP contribution in [0.2, 0.25) is 0 Å². The van der Waals surface area contributed by atoms with Crippen molar-refractivity contribution in [1.29, 1.82) is 0 Å². The van der Waals surface area contributed by atoms with E-state index >= 15 is 0 Å². The first kappa shape index (κ1) is 44.3. The van der Waals surface area contributed by atoms with Gasteiger partial charge in [0.1, 0.15) is 34.7 Å². The van der Waals surface area contributed by atoms with Crippen molar-refractivity contribution >= 4 is 34.7 Å². The fourth-order valence-corrected chi connectivity index (χ4v) is 0.848. The van der Waals surface area contributed by atoms with Crippen LogP contribution >= 0.6 is 0 Å². The third-order valence-corrected chi connectivity index (χ3v) is 2.46. The van der Waals surface area contributed by atoms with E-state index in [4.69, 9.17) is 0 Å². The van der Waals surface area contributed by atoms with Crippen molar-refractivity contribution in [3.8, 4) is 0 Å². The largest absolute Gasteiger partial charge is 3.00 e. The molecule has 0 spiro atoms. The van der Waals surface area contributed by atoms with Crippen LogP contribution in [0.25, 0.3) is 0 Å². The first-order valence-corrected chi connectivity index (χ1v) is 7.86. The van der Waals surface area contributed by atoms with Crippen LogP contribution in [0.1, 0.15) is 0 Å². The fourth-order valence-electron chi connectivity index (χ4n) is 0.848. The third-order valence-electron chi connectivity index (χ3n) is 2.46. The molecule has 0 N–H and O–H groups in total. The zero-order chi connectivity index (χ0) is 32.6. The molecule has 25 heteroatoms. The van der Waals surface area contributed by atoms with E-state index < -0.39 is 91.0 Å². The number of hydrogen-bond donors (Lipinski definition) is 0. The van der Waals surface area contributed by atoms with Gasteiger partial charge in [-0.1, -0.05) is 0 Å². The molecule has 0 saturated heterocycles. The second-order valence-electron chi connectivity index (χ2n) is 5.61. The number of halogens is 18. The van der Waals surface area contributed by atoms with Crippen molar-refractivity contribution in [2.45, 2.75) is 37.1 Å². The summed E-state index contributed by atoms with van der Waals surface area (Å²) in [6.07, 6.45) is -35.8. The first-order valence-electron chi connectivity index (χ1n) is 7.86. The topological polar surface area (TPSA) is 102 Å². The van der Waals surface area contributed by atoms with Gasteiger partial charge in [-0.25, -0.2) is 19.3 Å². The maximum Gasteiger partial charge on any atom is 3.00 e. The van der Waals surface area contributed by atoms with Crippen molar-refractivity contribution < 1.29 is 134 Å². The first-order chi connectivity index (χ1) is 16.6. The standard InChI is InChI=1S/3C5HF6O2.Sc/c3*6-4(7,8)2(12)1-3(13)5(9,10)11;/h3*1H;/q3*-1;+3. The zero-order valence-electron chi connectivity index (χ0n) is 17.6. The third kappa shape index (κ3) is 20.2. The Morgan fingerprint density at radius 1 is 0.275 bits per heavy atom. The van der Waals surface area contributed by atoms with Gasteiger partial charge in [0.15, 0.2) is 0 Å². The molecule has 6 nitrogen and oxygen atoms in total. The summed E-state index contributed by atoms with van der Waals surface area (Å²) in [4.78, 5) is 58.9. The van der Waals surface area contributed by atoms with Gasteiger partial charge in [-0.3, -0.25) is 0 Å². The number of alkyl halides is 18. The van der Waals surface area contributed by atoms with Gasteiger partial charge in [-0.15, -0.1) is 0 Å². The monoisotopic (exact) mass is 666 g/mol. The molecule has 0 unspecified atom stereocenters. The Balaban J connectivity index is -0.000000240. The molecule has 0 aliphatic heterocycles. The summed E-state index contributed by atoms with van der Waals surface area (Å²) in [5.41, 5.74) is 0. The van der Waals surface area contributed by atoms with Crippen LogP contribution in [0.3, 0.4) is 0 Å². The summed E-state index contributed by atoms with van der Waals surface area (Å²) < 4.78 is 203. The molecule has 228 valence electrons. The minimum atomic E-state index is -5.46. The van der Waals surface area contributed by atoms with E-state index in [0.29, 0.717) is 0 Å². The normalized spacial score (nSPS) is 12.2. The Hall–Kier alpha value is -2.76. The van der Waals surface area contributed by atoms with E-state index in [0.717, 1.165) is 0 Å². The quantitative estimate of drug-likeness (QED) is 0.238. The number of carbonyl (C=O) groups excluding carboxylic acids is 6. The summed E-state index contributed by atoms with van der Waals surface area (Å²) in [7, 11) is 0. The minimum Gasteiger partial charge on any atom is -0.324 e. The van der Waals surface area contributed by atoms with Crippen LogP contribution in [-0.2, 0) is 54.6 Å². The predicted molar refractivity (Wildman–Crippen MR) is 79.3 cm³/mol. The van der Waals surface area contributed by atoms with E-state index in [1.54, 1.807) is 0 Å². The molecule has 0 fully saturated rings. The Morgan fingerprint density at radius 3 is 0.400 bits per heavy atom. The zero-order valence-corrected chi connectivity index (χ0v) is 19.4. The van der Waals surface area contributed by atoms with Crippen LogP contribution in [-0.4, -0.2) is 71.8 Å². The smallest absolute Gasteiger partial charge is 0.324 e. The molecule has 0 radical (unpaired) electrons.